The van der Waals surface area contributed by atoms with E-state index in [0.29, 0.717) is 12.2 Å². The van der Waals surface area contributed by atoms with E-state index in [2.05, 4.69) is 43.9 Å². The molecule has 34 heavy (non-hydrogen) atoms. The van der Waals surface area contributed by atoms with Gasteiger partial charge in [-0.1, -0.05) is 13.3 Å². The number of aromatic nitrogens is 4. The van der Waals surface area contributed by atoms with Crippen molar-refractivity contribution >= 4 is 46.2 Å². The minimum atomic E-state index is -0.00543. The first-order valence-electron chi connectivity index (χ1n) is 11.8. The fourth-order valence-electron chi connectivity index (χ4n) is 4.20. The second kappa shape index (κ2) is 9.80. The quantitative estimate of drug-likeness (QED) is 0.374. The van der Waals surface area contributed by atoms with Crippen LogP contribution in [0.15, 0.2) is 41.8 Å². The molecule has 0 spiro atoms. The molecule has 0 radical (unpaired) electrons. The number of anilines is 4. The van der Waals surface area contributed by atoms with Crippen LogP contribution in [0, 0.1) is 6.92 Å². The van der Waals surface area contributed by atoms with Gasteiger partial charge in [0, 0.05) is 41.1 Å². The molecule has 1 saturated heterocycles. The molecule has 4 heterocycles. The SMILES string of the molecule is CCCc1csc(CC(=O)Nc2ccc(Nc3cc(C)nc4nc(N5CCCC5)nn34)cc2)c1. The van der Waals surface area contributed by atoms with Crippen molar-refractivity contribution in [2.45, 2.75) is 46.0 Å². The Morgan fingerprint density at radius 3 is 2.62 bits per heavy atom. The molecule has 0 saturated carbocycles. The highest BCUT2D eigenvalue weighted by Crippen LogP contribution is 2.23. The van der Waals surface area contributed by atoms with Crippen LogP contribution in [-0.2, 0) is 17.6 Å². The third-order valence-electron chi connectivity index (χ3n) is 5.84. The first-order valence-corrected chi connectivity index (χ1v) is 12.7. The zero-order valence-electron chi connectivity index (χ0n) is 19.5. The average Bonchev–Trinajstić information content (AvgIpc) is 3.56. The molecular weight excluding hydrogens is 446 g/mol. The van der Waals surface area contributed by atoms with Crippen molar-refractivity contribution in [2.24, 2.45) is 0 Å². The van der Waals surface area contributed by atoms with E-state index in [0.717, 1.165) is 59.6 Å². The van der Waals surface area contributed by atoms with Crippen molar-refractivity contribution in [3.8, 4) is 0 Å². The Bertz CT molecular complexity index is 1290. The number of nitrogens with zero attached hydrogens (tertiary/aromatic N) is 5. The zero-order chi connectivity index (χ0) is 23.5. The van der Waals surface area contributed by atoms with Gasteiger partial charge in [-0.25, -0.2) is 4.98 Å². The molecule has 0 unspecified atom stereocenters. The maximum atomic E-state index is 12.5. The predicted molar refractivity (Wildman–Crippen MR) is 137 cm³/mol. The Hall–Kier alpha value is -3.46. The molecular formula is C25H29N7OS. The standard InChI is InChI=1S/C25H29N7OS/c1-3-6-18-14-21(34-16-18)15-23(33)28-20-9-7-19(8-10-20)27-22-13-17(2)26-24-29-25(30-32(22)24)31-11-4-5-12-31/h7-10,13-14,16,27H,3-6,11-12,15H2,1-2H3,(H,28,33). The molecule has 5 rings (SSSR count). The van der Waals surface area contributed by atoms with Gasteiger partial charge in [0.1, 0.15) is 5.82 Å². The summed E-state index contributed by atoms with van der Waals surface area (Å²) in [4.78, 5) is 24.9. The second-order valence-corrected chi connectivity index (χ2v) is 9.69. The summed E-state index contributed by atoms with van der Waals surface area (Å²) in [5, 5.41) is 13.2. The topological polar surface area (TPSA) is 87.4 Å². The molecule has 1 fully saturated rings. The maximum Gasteiger partial charge on any atom is 0.256 e. The molecule has 3 aromatic heterocycles. The molecule has 1 amide bonds. The summed E-state index contributed by atoms with van der Waals surface area (Å²) >= 11 is 1.65. The van der Waals surface area contributed by atoms with Gasteiger partial charge in [0.25, 0.3) is 5.78 Å². The van der Waals surface area contributed by atoms with Crippen LogP contribution in [0.2, 0.25) is 0 Å². The summed E-state index contributed by atoms with van der Waals surface area (Å²) in [5.41, 5.74) is 3.85. The van der Waals surface area contributed by atoms with Crippen LogP contribution in [0.5, 0.6) is 0 Å². The lowest BCUT2D eigenvalue weighted by Gasteiger charge is -2.11. The lowest BCUT2D eigenvalue weighted by Crippen LogP contribution is -2.19. The summed E-state index contributed by atoms with van der Waals surface area (Å²) in [6.45, 7) is 6.09. The molecule has 0 atom stereocenters. The van der Waals surface area contributed by atoms with E-state index in [4.69, 9.17) is 5.10 Å². The van der Waals surface area contributed by atoms with E-state index in [1.54, 1.807) is 15.9 Å². The number of rotatable bonds is 8. The number of fused-ring (bicyclic) bond motifs is 1. The van der Waals surface area contributed by atoms with Crippen molar-refractivity contribution in [3.63, 3.8) is 0 Å². The molecule has 1 aliphatic rings. The molecule has 0 bridgehead atoms. The van der Waals surface area contributed by atoms with Crippen molar-refractivity contribution in [2.75, 3.05) is 28.6 Å². The van der Waals surface area contributed by atoms with Gasteiger partial charge in [-0.3, -0.25) is 4.79 Å². The first-order chi connectivity index (χ1) is 16.6. The number of hydrogen-bond acceptors (Lipinski definition) is 7. The Morgan fingerprint density at radius 2 is 1.85 bits per heavy atom. The smallest absolute Gasteiger partial charge is 0.256 e. The van der Waals surface area contributed by atoms with Crippen LogP contribution < -0.4 is 15.5 Å². The molecule has 9 heteroatoms. The van der Waals surface area contributed by atoms with Crippen LogP contribution in [0.3, 0.4) is 0 Å². The van der Waals surface area contributed by atoms with Crippen LogP contribution in [0.1, 0.15) is 42.3 Å². The summed E-state index contributed by atoms with van der Waals surface area (Å²) in [6, 6.07) is 11.8. The predicted octanol–water partition coefficient (Wildman–Crippen LogP) is 4.97. The van der Waals surface area contributed by atoms with Gasteiger partial charge < -0.3 is 15.5 Å². The second-order valence-electron chi connectivity index (χ2n) is 8.70. The van der Waals surface area contributed by atoms with E-state index >= 15 is 0 Å². The minimum absolute atomic E-state index is 0.00543. The highest BCUT2D eigenvalue weighted by molar-refractivity contribution is 7.10. The number of aryl methyl sites for hydroxylation is 2. The van der Waals surface area contributed by atoms with Crippen LogP contribution in [-0.4, -0.2) is 38.6 Å². The summed E-state index contributed by atoms with van der Waals surface area (Å²) in [5.74, 6) is 2.11. The third kappa shape index (κ3) is 5.04. The zero-order valence-corrected chi connectivity index (χ0v) is 20.4. The van der Waals surface area contributed by atoms with Gasteiger partial charge >= 0.3 is 0 Å². The Morgan fingerprint density at radius 1 is 1.09 bits per heavy atom. The fraction of sp³-hybridized carbons (Fsp3) is 0.360. The molecule has 2 N–H and O–H groups in total. The molecule has 8 nitrogen and oxygen atoms in total. The number of thiophene rings is 1. The van der Waals surface area contributed by atoms with Gasteiger partial charge in [0.15, 0.2) is 0 Å². The first kappa shape index (κ1) is 22.3. The summed E-state index contributed by atoms with van der Waals surface area (Å²) in [7, 11) is 0. The highest BCUT2D eigenvalue weighted by atomic mass is 32.1. The lowest BCUT2D eigenvalue weighted by atomic mass is 10.2. The summed E-state index contributed by atoms with van der Waals surface area (Å²) in [6.07, 6.45) is 4.91. The number of carbonyl (C=O) groups is 1. The van der Waals surface area contributed by atoms with Crippen LogP contribution >= 0.6 is 11.3 Å². The molecule has 176 valence electrons. The van der Waals surface area contributed by atoms with Gasteiger partial charge in [0.05, 0.1) is 6.42 Å². The van der Waals surface area contributed by atoms with Gasteiger partial charge in [0.2, 0.25) is 11.9 Å². The molecule has 1 aromatic carbocycles. The molecule has 0 aliphatic carbocycles. The number of nitrogens with one attached hydrogen (secondary N) is 2. The average molecular weight is 476 g/mol. The number of benzene rings is 1. The number of carbonyl (C=O) groups excluding carboxylic acids is 1. The maximum absolute atomic E-state index is 12.5. The summed E-state index contributed by atoms with van der Waals surface area (Å²) < 4.78 is 1.75. The van der Waals surface area contributed by atoms with E-state index in [-0.39, 0.29) is 5.91 Å². The Balaban J connectivity index is 1.26. The van der Waals surface area contributed by atoms with E-state index in [1.165, 1.54) is 18.4 Å². The Labute approximate surface area is 203 Å². The van der Waals surface area contributed by atoms with Crippen molar-refractivity contribution in [3.05, 3.63) is 57.9 Å². The Kier molecular flexibility index (Phi) is 6.44. The van der Waals surface area contributed by atoms with Gasteiger partial charge in [-0.15, -0.1) is 16.4 Å². The van der Waals surface area contributed by atoms with Gasteiger partial charge in [-0.05, 0) is 67.5 Å². The highest BCUT2D eigenvalue weighted by Gasteiger charge is 2.19. The minimum Gasteiger partial charge on any atom is -0.340 e. The largest absolute Gasteiger partial charge is 0.340 e. The van der Waals surface area contributed by atoms with Crippen molar-refractivity contribution in [1.29, 1.82) is 0 Å². The molecule has 1 aliphatic heterocycles. The monoisotopic (exact) mass is 475 g/mol. The van der Waals surface area contributed by atoms with Crippen molar-refractivity contribution in [1.82, 2.24) is 19.6 Å². The third-order valence-corrected chi connectivity index (χ3v) is 6.83. The van der Waals surface area contributed by atoms with Crippen molar-refractivity contribution < 1.29 is 4.79 Å². The fourth-order valence-corrected chi connectivity index (χ4v) is 5.13. The number of amides is 1. The van der Waals surface area contributed by atoms with E-state index in [9.17, 15) is 4.79 Å². The lowest BCUT2D eigenvalue weighted by molar-refractivity contribution is -0.115. The van der Waals surface area contributed by atoms with Crippen LogP contribution in [0.25, 0.3) is 5.78 Å². The van der Waals surface area contributed by atoms with E-state index in [1.807, 2.05) is 37.3 Å². The van der Waals surface area contributed by atoms with Crippen LogP contribution in [0.4, 0.5) is 23.1 Å². The normalized spacial score (nSPS) is 13.5. The molecule has 4 aromatic rings. The van der Waals surface area contributed by atoms with E-state index < -0.39 is 0 Å². The number of hydrogen-bond donors (Lipinski definition) is 2. The van der Waals surface area contributed by atoms with Gasteiger partial charge in [-0.2, -0.15) is 9.50 Å².